The summed E-state index contributed by atoms with van der Waals surface area (Å²) in [6.45, 7) is 4.20. The Morgan fingerprint density at radius 2 is 1.94 bits per heavy atom. The van der Waals surface area contributed by atoms with Crippen molar-refractivity contribution in [3.63, 3.8) is 0 Å². The lowest BCUT2D eigenvalue weighted by atomic mass is 10.1. The van der Waals surface area contributed by atoms with Gasteiger partial charge >= 0.3 is 0 Å². The lowest BCUT2D eigenvalue weighted by molar-refractivity contribution is 0.314. The molecule has 4 rings (SSSR count). The van der Waals surface area contributed by atoms with Crippen LogP contribution in [0, 0.1) is 18.3 Å². The quantitative estimate of drug-likeness (QED) is 0.358. The van der Waals surface area contributed by atoms with Crippen molar-refractivity contribution in [2.75, 3.05) is 19.7 Å². The van der Waals surface area contributed by atoms with Gasteiger partial charge in [0.2, 0.25) is 5.56 Å². The summed E-state index contributed by atoms with van der Waals surface area (Å²) in [6.07, 6.45) is 5.18. The summed E-state index contributed by atoms with van der Waals surface area (Å²) >= 11 is 0. The minimum atomic E-state index is -0.0954. The Labute approximate surface area is 180 Å². The molecule has 0 amide bonds. The van der Waals surface area contributed by atoms with Gasteiger partial charge in [-0.1, -0.05) is 0 Å². The highest BCUT2D eigenvalue weighted by Gasteiger charge is 2.05. The Hall–Kier alpha value is -3.56. The van der Waals surface area contributed by atoms with E-state index in [1.54, 1.807) is 6.07 Å². The number of hydrogen-bond acceptors (Lipinski definition) is 4. The fourth-order valence-electron chi connectivity index (χ4n) is 3.89. The second-order valence-electron chi connectivity index (χ2n) is 7.77. The predicted molar refractivity (Wildman–Crippen MR) is 124 cm³/mol. The molecule has 2 aromatic carbocycles. The van der Waals surface area contributed by atoms with Gasteiger partial charge in [0, 0.05) is 41.2 Å². The number of nitrogens with zero attached hydrogens (tertiary/aromatic N) is 1. The van der Waals surface area contributed by atoms with Crippen molar-refractivity contribution in [3.05, 3.63) is 75.7 Å². The largest absolute Gasteiger partial charge is 0.492 e. The van der Waals surface area contributed by atoms with Crippen molar-refractivity contribution in [1.82, 2.24) is 15.3 Å². The van der Waals surface area contributed by atoms with Crippen molar-refractivity contribution < 1.29 is 4.74 Å². The van der Waals surface area contributed by atoms with Crippen LogP contribution < -0.4 is 15.6 Å². The summed E-state index contributed by atoms with van der Waals surface area (Å²) in [5, 5.41) is 14.7. The second-order valence-corrected chi connectivity index (χ2v) is 7.77. The highest BCUT2D eigenvalue weighted by molar-refractivity contribution is 5.84. The van der Waals surface area contributed by atoms with Crippen LogP contribution in [0.3, 0.4) is 0 Å². The second kappa shape index (κ2) is 9.50. The molecule has 0 spiro atoms. The van der Waals surface area contributed by atoms with E-state index in [9.17, 15) is 4.79 Å². The van der Waals surface area contributed by atoms with Crippen LogP contribution in [-0.4, -0.2) is 29.7 Å². The number of fused-ring (bicyclic) bond motifs is 2. The van der Waals surface area contributed by atoms with E-state index in [-0.39, 0.29) is 5.56 Å². The molecule has 158 valence electrons. The Morgan fingerprint density at radius 1 is 1.03 bits per heavy atom. The van der Waals surface area contributed by atoms with E-state index < -0.39 is 0 Å². The van der Waals surface area contributed by atoms with Gasteiger partial charge in [-0.25, -0.2) is 0 Å². The van der Waals surface area contributed by atoms with Gasteiger partial charge < -0.3 is 20.0 Å². The molecule has 31 heavy (non-hydrogen) atoms. The summed E-state index contributed by atoms with van der Waals surface area (Å²) in [4.78, 5) is 17.8. The number of unbranched alkanes of at least 4 members (excludes halogenated alkanes) is 1. The molecule has 0 unspecified atom stereocenters. The average Bonchev–Trinajstić information content (AvgIpc) is 3.17. The number of rotatable bonds is 9. The molecule has 0 atom stereocenters. The van der Waals surface area contributed by atoms with Crippen LogP contribution in [0.4, 0.5) is 0 Å². The van der Waals surface area contributed by atoms with Gasteiger partial charge in [0.15, 0.2) is 0 Å². The summed E-state index contributed by atoms with van der Waals surface area (Å²) in [6, 6.07) is 15.4. The Bertz CT molecular complexity index is 1300. The molecule has 6 nitrogen and oxygen atoms in total. The van der Waals surface area contributed by atoms with E-state index in [4.69, 9.17) is 10.00 Å². The summed E-state index contributed by atoms with van der Waals surface area (Å²) in [7, 11) is 0. The number of ether oxygens (including phenoxy) is 1. The summed E-state index contributed by atoms with van der Waals surface area (Å²) < 4.78 is 5.81. The standard InChI is InChI=1S/C25H26N4O2/c1-17-12-25(30)29-24-14-20(6-7-21(17)24)31-11-10-27-9-3-2-4-19-16-28-23-8-5-18(15-26)13-22(19)23/h5-8,12-14,16,27-28H,2-4,9-11H2,1H3,(H,29,30). The molecule has 0 saturated heterocycles. The van der Waals surface area contributed by atoms with Gasteiger partial charge in [-0.3, -0.25) is 4.79 Å². The van der Waals surface area contributed by atoms with E-state index in [0.717, 1.165) is 65.5 Å². The first-order valence-corrected chi connectivity index (χ1v) is 10.6. The molecule has 0 aliphatic carbocycles. The van der Waals surface area contributed by atoms with Gasteiger partial charge in [-0.05, 0) is 74.2 Å². The lowest BCUT2D eigenvalue weighted by Gasteiger charge is -2.09. The van der Waals surface area contributed by atoms with Crippen molar-refractivity contribution in [1.29, 1.82) is 5.26 Å². The fourth-order valence-corrected chi connectivity index (χ4v) is 3.89. The van der Waals surface area contributed by atoms with Gasteiger partial charge in [0.05, 0.1) is 17.1 Å². The number of hydrogen-bond donors (Lipinski definition) is 3. The Morgan fingerprint density at radius 3 is 2.81 bits per heavy atom. The fraction of sp³-hybridized carbons (Fsp3) is 0.280. The van der Waals surface area contributed by atoms with Crippen molar-refractivity contribution in [2.45, 2.75) is 26.2 Å². The van der Waals surface area contributed by atoms with Crippen LogP contribution >= 0.6 is 0 Å². The molecule has 0 aliphatic heterocycles. The minimum Gasteiger partial charge on any atom is -0.492 e. The van der Waals surface area contributed by atoms with E-state index >= 15 is 0 Å². The lowest BCUT2D eigenvalue weighted by Crippen LogP contribution is -2.22. The number of aromatic nitrogens is 2. The normalized spacial score (nSPS) is 11.1. The van der Waals surface area contributed by atoms with Crippen molar-refractivity contribution in [2.24, 2.45) is 0 Å². The van der Waals surface area contributed by atoms with Gasteiger partial charge in [0.25, 0.3) is 0 Å². The third-order valence-electron chi connectivity index (χ3n) is 5.52. The zero-order valence-corrected chi connectivity index (χ0v) is 17.6. The average molecular weight is 415 g/mol. The number of aromatic amines is 2. The maximum absolute atomic E-state index is 11.6. The maximum atomic E-state index is 11.6. The highest BCUT2D eigenvalue weighted by atomic mass is 16.5. The predicted octanol–water partition coefficient (Wildman–Crippen LogP) is 4.18. The molecule has 2 aromatic heterocycles. The Balaban J connectivity index is 1.17. The smallest absolute Gasteiger partial charge is 0.248 e. The monoisotopic (exact) mass is 414 g/mol. The number of benzene rings is 2. The zero-order valence-electron chi connectivity index (χ0n) is 17.6. The Kier molecular flexibility index (Phi) is 6.34. The topological polar surface area (TPSA) is 93.7 Å². The number of nitriles is 1. The first kappa shape index (κ1) is 20.7. The molecule has 0 saturated carbocycles. The molecule has 0 aliphatic rings. The number of aryl methyl sites for hydroxylation is 2. The molecule has 0 radical (unpaired) electrons. The maximum Gasteiger partial charge on any atom is 0.248 e. The summed E-state index contributed by atoms with van der Waals surface area (Å²) in [5.74, 6) is 0.756. The third kappa shape index (κ3) is 4.96. The van der Waals surface area contributed by atoms with E-state index in [1.807, 2.05) is 49.5 Å². The highest BCUT2D eigenvalue weighted by Crippen LogP contribution is 2.22. The van der Waals surface area contributed by atoms with E-state index in [2.05, 4.69) is 21.4 Å². The number of H-pyrrole nitrogens is 2. The molecule has 4 aromatic rings. The summed E-state index contributed by atoms with van der Waals surface area (Å²) in [5.41, 5.74) is 4.71. The first-order valence-electron chi connectivity index (χ1n) is 10.6. The molecular weight excluding hydrogens is 388 g/mol. The third-order valence-corrected chi connectivity index (χ3v) is 5.52. The zero-order chi connectivity index (χ0) is 21.6. The van der Waals surface area contributed by atoms with Crippen LogP contribution in [-0.2, 0) is 6.42 Å². The van der Waals surface area contributed by atoms with Crippen LogP contribution in [0.25, 0.3) is 21.8 Å². The van der Waals surface area contributed by atoms with Crippen LogP contribution in [0.15, 0.2) is 53.5 Å². The van der Waals surface area contributed by atoms with Crippen LogP contribution in [0.5, 0.6) is 5.75 Å². The SMILES string of the molecule is Cc1cc(=O)[nH]c2cc(OCCNCCCCc3c[nH]c4ccc(C#N)cc34)ccc12. The molecular formula is C25H26N4O2. The molecule has 3 N–H and O–H groups in total. The van der Waals surface area contributed by atoms with Crippen molar-refractivity contribution >= 4 is 21.8 Å². The minimum absolute atomic E-state index is 0.0954. The van der Waals surface area contributed by atoms with Crippen LogP contribution in [0.1, 0.15) is 29.5 Å². The van der Waals surface area contributed by atoms with Gasteiger partial charge in [0.1, 0.15) is 12.4 Å². The van der Waals surface area contributed by atoms with Crippen molar-refractivity contribution in [3.8, 4) is 11.8 Å². The van der Waals surface area contributed by atoms with E-state index in [1.165, 1.54) is 5.56 Å². The first-order chi connectivity index (χ1) is 15.1. The van der Waals surface area contributed by atoms with Crippen LogP contribution in [0.2, 0.25) is 0 Å². The number of nitrogens with one attached hydrogen (secondary N) is 3. The molecule has 6 heteroatoms. The molecule has 0 fully saturated rings. The van der Waals surface area contributed by atoms with Gasteiger partial charge in [-0.15, -0.1) is 0 Å². The van der Waals surface area contributed by atoms with E-state index in [0.29, 0.717) is 12.2 Å². The molecule has 2 heterocycles. The van der Waals surface area contributed by atoms with Gasteiger partial charge in [-0.2, -0.15) is 5.26 Å². The molecule has 0 bridgehead atoms. The number of pyridine rings is 1.